The van der Waals surface area contributed by atoms with Crippen LogP contribution in [-0.2, 0) is 4.79 Å². The maximum atomic E-state index is 14.6. The number of carbonyl (C=O) groups excluding carboxylic acids is 1. The van der Waals surface area contributed by atoms with Gasteiger partial charge in [0.1, 0.15) is 17.3 Å². The summed E-state index contributed by atoms with van der Waals surface area (Å²) in [4.78, 5) is 21.5. The lowest BCUT2D eigenvalue weighted by atomic mass is 10.0. The highest BCUT2D eigenvalue weighted by Crippen LogP contribution is 2.32. The Hall–Kier alpha value is -3.44. The molecule has 204 valence electrons. The fourth-order valence-corrected chi connectivity index (χ4v) is 4.81. The zero-order valence-corrected chi connectivity index (χ0v) is 22.6. The number of hydrogen-bond donors (Lipinski definition) is 3. The molecule has 9 nitrogen and oxygen atoms in total. The third kappa shape index (κ3) is 7.15. The lowest BCUT2D eigenvalue weighted by molar-refractivity contribution is -0.116. The summed E-state index contributed by atoms with van der Waals surface area (Å²) in [5.41, 5.74) is 3.66. The van der Waals surface area contributed by atoms with E-state index in [0.717, 1.165) is 51.3 Å². The number of likely N-dealkylation sites (N-methyl/N-ethyl adjacent to an activating group) is 1. The minimum Gasteiger partial charge on any atom is -0.353 e. The van der Waals surface area contributed by atoms with Gasteiger partial charge in [0.2, 0.25) is 5.91 Å². The van der Waals surface area contributed by atoms with Crippen LogP contribution in [0, 0.1) is 5.82 Å². The zero-order chi connectivity index (χ0) is 27.2. The van der Waals surface area contributed by atoms with Crippen molar-refractivity contribution < 1.29 is 9.18 Å². The fraction of sp³-hybridized carbons (Fsp3) is 0.357. The number of piperazine rings is 1. The number of benzene rings is 1. The molecule has 0 bridgehead atoms. The molecule has 39 heavy (non-hydrogen) atoms. The van der Waals surface area contributed by atoms with Gasteiger partial charge in [0.15, 0.2) is 0 Å². The van der Waals surface area contributed by atoms with Crippen molar-refractivity contribution in [3.63, 3.8) is 0 Å². The number of carbonyl (C=O) groups is 1. The molecule has 1 fully saturated rings. The third-order valence-corrected chi connectivity index (χ3v) is 7.12. The standard InChI is InChI=1S/C28H32ClFN8O/c1-37-11-13-38(14-12-37)10-7-27(39)34-26-16-21(6-9-32-26)33-25-17-24(22-15-20(29)4-5-23(22)30)35-36-28(25)19-3-2-8-31-18-19/h3-6,9,15-17,31H,2,7-8,10-14,18H2,1H3,(H2,32,33,34,35,39). The van der Waals surface area contributed by atoms with Crippen LogP contribution >= 0.6 is 11.6 Å². The van der Waals surface area contributed by atoms with E-state index in [1.165, 1.54) is 18.2 Å². The minimum absolute atomic E-state index is 0.0815. The smallest absolute Gasteiger partial charge is 0.226 e. The average Bonchev–Trinajstić information content (AvgIpc) is 2.95. The van der Waals surface area contributed by atoms with E-state index in [1.807, 2.05) is 0 Å². The molecule has 0 aliphatic carbocycles. The molecule has 3 N–H and O–H groups in total. The second-order valence-electron chi connectivity index (χ2n) is 9.81. The monoisotopic (exact) mass is 550 g/mol. The van der Waals surface area contributed by atoms with Crippen molar-refractivity contribution in [2.24, 2.45) is 0 Å². The summed E-state index contributed by atoms with van der Waals surface area (Å²) in [6.45, 7) is 6.23. The van der Waals surface area contributed by atoms with Crippen molar-refractivity contribution in [1.82, 2.24) is 30.3 Å². The van der Waals surface area contributed by atoms with Crippen LogP contribution in [0.5, 0.6) is 0 Å². The molecular weight excluding hydrogens is 519 g/mol. The molecule has 3 aromatic rings. The molecular formula is C28H32ClFN8O. The molecule has 0 radical (unpaired) electrons. The van der Waals surface area contributed by atoms with E-state index in [0.29, 0.717) is 46.6 Å². The van der Waals surface area contributed by atoms with Crippen LogP contribution in [-0.4, -0.2) is 83.7 Å². The lowest BCUT2D eigenvalue weighted by Gasteiger charge is -2.32. The first kappa shape index (κ1) is 27.1. The van der Waals surface area contributed by atoms with Crippen molar-refractivity contribution in [1.29, 1.82) is 0 Å². The molecule has 1 amide bonds. The van der Waals surface area contributed by atoms with E-state index in [4.69, 9.17) is 11.6 Å². The number of aromatic nitrogens is 3. The molecule has 5 rings (SSSR count). The van der Waals surface area contributed by atoms with Crippen LogP contribution in [0.2, 0.25) is 5.02 Å². The van der Waals surface area contributed by atoms with Gasteiger partial charge in [0.25, 0.3) is 0 Å². The number of nitrogens with one attached hydrogen (secondary N) is 3. The number of rotatable bonds is 8. The zero-order valence-electron chi connectivity index (χ0n) is 21.9. The second kappa shape index (κ2) is 12.6. The van der Waals surface area contributed by atoms with Gasteiger partial charge in [0, 0.05) is 74.2 Å². The van der Waals surface area contributed by atoms with Gasteiger partial charge in [-0.15, -0.1) is 10.2 Å². The van der Waals surface area contributed by atoms with Gasteiger partial charge in [-0.2, -0.15) is 0 Å². The van der Waals surface area contributed by atoms with Crippen molar-refractivity contribution in [2.75, 3.05) is 63.5 Å². The van der Waals surface area contributed by atoms with Crippen molar-refractivity contribution in [2.45, 2.75) is 12.8 Å². The highest BCUT2D eigenvalue weighted by atomic mass is 35.5. The summed E-state index contributed by atoms with van der Waals surface area (Å²) in [6.07, 6.45) is 5.04. The van der Waals surface area contributed by atoms with Gasteiger partial charge in [-0.05, 0) is 55.9 Å². The molecule has 4 heterocycles. The van der Waals surface area contributed by atoms with Gasteiger partial charge in [-0.3, -0.25) is 4.79 Å². The second-order valence-corrected chi connectivity index (χ2v) is 10.2. The van der Waals surface area contributed by atoms with Crippen molar-refractivity contribution >= 4 is 40.3 Å². The fourth-order valence-electron chi connectivity index (χ4n) is 4.64. The first-order chi connectivity index (χ1) is 18.9. The van der Waals surface area contributed by atoms with Crippen LogP contribution in [0.3, 0.4) is 0 Å². The summed E-state index contributed by atoms with van der Waals surface area (Å²) in [5, 5.41) is 18.8. The molecule has 11 heteroatoms. The van der Waals surface area contributed by atoms with Crippen LogP contribution in [0.15, 0.2) is 48.7 Å². The Bertz CT molecular complexity index is 1360. The molecule has 0 spiro atoms. The van der Waals surface area contributed by atoms with Crippen LogP contribution in [0.1, 0.15) is 18.5 Å². The van der Waals surface area contributed by atoms with Gasteiger partial charge in [-0.1, -0.05) is 17.7 Å². The summed E-state index contributed by atoms with van der Waals surface area (Å²) >= 11 is 6.13. The van der Waals surface area contributed by atoms with Crippen LogP contribution < -0.4 is 16.0 Å². The van der Waals surface area contributed by atoms with E-state index < -0.39 is 5.82 Å². The highest BCUT2D eigenvalue weighted by Gasteiger charge is 2.18. The Balaban J connectivity index is 1.34. The maximum absolute atomic E-state index is 14.6. The Morgan fingerprint density at radius 3 is 2.77 bits per heavy atom. The number of halogens is 2. The Morgan fingerprint density at radius 2 is 1.97 bits per heavy atom. The molecule has 1 saturated heterocycles. The predicted octanol–water partition coefficient (Wildman–Crippen LogP) is 4.03. The van der Waals surface area contributed by atoms with Gasteiger partial charge in [0.05, 0.1) is 11.4 Å². The average molecular weight is 551 g/mol. The first-order valence-electron chi connectivity index (χ1n) is 13.1. The lowest BCUT2D eigenvalue weighted by Crippen LogP contribution is -2.45. The third-order valence-electron chi connectivity index (χ3n) is 6.89. The number of amides is 1. The van der Waals surface area contributed by atoms with Crippen molar-refractivity contribution in [3.05, 3.63) is 65.2 Å². The first-order valence-corrected chi connectivity index (χ1v) is 13.5. The summed E-state index contributed by atoms with van der Waals surface area (Å²) in [5.74, 6) is -0.0648. The van der Waals surface area contributed by atoms with E-state index in [1.54, 1.807) is 24.4 Å². The molecule has 2 aliphatic heterocycles. The molecule has 0 saturated carbocycles. The number of hydrogen-bond acceptors (Lipinski definition) is 8. The van der Waals surface area contributed by atoms with Crippen molar-refractivity contribution in [3.8, 4) is 11.3 Å². The van der Waals surface area contributed by atoms with E-state index >= 15 is 0 Å². The molecule has 0 atom stereocenters. The quantitative estimate of drug-likeness (QED) is 0.387. The van der Waals surface area contributed by atoms with Gasteiger partial charge in [-0.25, -0.2) is 9.37 Å². The van der Waals surface area contributed by atoms with E-state index in [2.05, 4.69) is 54.1 Å². The predicted molar refractivity (Wildman–Crippen MR) is 153 cm³/mol. The Kier molecular flexibility index (Phi) is 8.77. The Morgan fingerprint density at radius 1 is 1.13 bits per heavy atom. The molecule has 0 unspecified atom stereocenters. The van der Waals surface area contributed by atoms with Crippen LogP contribution in [0.25, 0.3) is 16.8 Å². The number of nitrogens with zero attached hydrogens (tertiary/aromatic N) is 5. The van der Waals surface area contributed by atoms with E-state index in [-0.39, 0.29) is 11.5 Å². The summed E-state index contributed by atoms with van der Waals surface area (Å²) in [7, 11) is 2.11. The maximum Gasteiger partial charge on any atom is 0.226 e. The topological polar surface area (TPSA) is 98.3 Å². The van der Waals surface area contributed by atoms with Gasteiger partial charge < -0.3 is 25.8 Å². The van der Waals surface area contributed by atoms with Gasteiger partial charge >= 0.3 is 0 Å². The van der Waals surface area contributed by atoms with E-state index in [9.17, 15) is 9.18 Å². The summed E-state index contributed by atoms with van der Waals surface area (Å²) < 4.78 is 14.6. The summed E-state index contributed by atoms with van der Waals surface area (Å²) in [6, 6.07) is 9.69. The normalized spacial score (nSPS) is 16.5. The Labute approximate surface area is 232 Å². The van der Waals surface area contributed by atoms with Crippen LogP contribution in [0.4, 0.5) is 21.6 Å². The largest absolute Gasteiger partial charge is 0.353 e. The molecule has 1 aromatic carbocycles. The minimum atomic E-state index is -0.434. The number of pyridine rings is 1. The number of anilines is 3. The SMILES string of the molecule is CN1CCN(CCC(=O)Nc2cc(Nc3cc(-c4cc(Cl)ccc4F)nnc3C3=CCCNC3)ccn2)CC1. The molecule has 2 aromatic heterocycles. The highest BCUT2D eigenvalue weighted by molar-refractivity contribution is 6.30. The molecule has 2 aliphatic rings.